The molecule has 3 aromatic rings. The van der Waals surface area contributed by atoms with Crippen molar-refractivity contribution in [1.29, 1.82) is 0 Å². The van der Waals surface area contributed by atoms with Crippen LogP contribution >= 0.6 is 0 Å². The van der Waals surface area contributed by atoms with E-state index in [0.717, 1.165) is 36.1 Å². The molecule has 3 unspecified atom stereocenters. The van der Waals surface area contributed by atoms with Crippen LogP contribution < -0.4 is 10.5 Å². The molecule has 9 nitrogen and oxygen atoms in total. The van der Waals surface area contributed by atoms with Crippen LogP contribution in [0.15, 0.2) is 60.7 Å². The summed E-state index contributed by atoms with van der Waals surface area (Å²) in [4.78, 5) is 36.3. The number of carboxylic acid groups (broad SMARTS) is 3. The Balaban J connectivity index is 2.02. The Morgan fingerprint density at radius 3 is 2.33 bits per heavy atom. The topological polar surface area (TPSA) is 156 Å². The van der Waals surface area contributed by atoms with E-state index in [9.17, 15) is 29.7 Å². The van der Waals surface area contributed by atoms with Gasteiger partial charge in [0, 0.05) is 5.56 Å². The van der Waals surface area contributed by atoms with E-state index in [2.05, 4.69) is 31.2 Å². The molecule has 3 rings (SSSR count). The normalized spacial score (nSPS) is 15.1. The lowest BCUT2D eigenvalue weighted by molar-refractivity contribution is -0.218. The van der Waals surface area contributed by atoms with Gasteiger partial charge in [-0.3, -0.25) is 15.3 Å². The minimum Gasteiger partial charge on any atom is -0.496 e. The molecule has 40 heavy (non-hydrogen) atoms. The van der Waals surface area contributed by atoms with Crippen molar-refractivity contribution in [2.45, 2.75) is 63.7 Å². The molecule has 0 aliphatic heterocycles. The van der Waals surface area contributed by atoms with Gasteiger partial charge in [0.1, 0.15) is 11.5 Å². The number of hydrogen-bond donors (Lipinski definition) is 4. The zero-order chi connectivity index (χ0) is 29.5. The van der Waals surface area contributed by atoms with E-state index >= 15 is 0 Å². The molecule has 0 fully saturated rings. The number of carboxylic acids is 3. The highest BCUT2D eigenvalue weighted by Crippen LogP contribution is 2.40. The smallest absolute Gasteiger partial charge is 0.337 e. The second-order valence-corrected chi connectivity index (χ2v) is 10.1. The van der Waals surface area contributed by atoms with Crippen LogP contribution in [0.2, 0.25) is 0 Å². The quantitative estimate of drug-likeness (QED) is 0.191. The highest BCUT2D eigenvalue weighted by molar-refractivity contribution is 5.90. The van der Waals surface area contributed by atoms with Crippen molar-refractivity contribution in [1.82, 2.24) is 0 Å². The van der Waals surface area contributed by atoms with Crippen molar-refractivity contribution in [3.63, 3.8) is 0 Å². The molecule has 0 aromatic heterocycles. The van der Waals surface area contributed by atoms with Gasteiger partial charge in [-0.2, -0.15) is 0 Å². The lowest BCUT2D eigenvalue weighted by Crippen LogP contribution is -2.58. The van der Waals surface area contributed by atoms with Crippen molar-refractivity contribution >= 4 is 28.7 Å². The van der Waals surface area contributed by atoms with Crippen LogP contribution in [-0.2, 0) is 37.7 Å². The zero-order valence-corrected chi connectivity index (χ0v) is 23.1. The largest absolute Gasteiger partial charge is 0.496 e. The molecule has 0 amide bonds. The van der Waals surface area contributed by atoms with Gasteiger partial charge >= 0.3 is 17.9 Å². The van der Waals surface area contributed by atoms with E-state index in [1.807, 2.05) is 12.1 Å². The number of aryl methyl sites for hydroxylation is 2. The van der Waals surface area contributed by atoms with Gasteiger partial charge in [0.05, 0.1) is 19.4 Å². The van der Waals surface area contributed by atoms with E-state index in [-0.39, 0.29) is 12.0 Å². The first-order valence-electron chi connectivity index (χ1n) is 13.3. The highest BCUT2D eigenvalue weighted by atomic mass is 16.6. The molecule has 0 saturated heterocycles. The van der Waals surface area contributed by atoms with Gasteiger partial charge in [0.25, 0.3) is 0 Å². The van der Waals surface area contributed by atoms with Crippen molar-refractivity contribution < 1.29 is 39.2 Å². The minimum absolute atomic E-state index is 0.0542. The average Bonchev–Trinajstić information content (AvgIpc) is 2.92. The van der Waals surface area contributed by atoms with Gasteiger partial charge < -0.3 is 24.8 Å². The third-order valence-corrected chi connectivity index (χ3v) is 7.34. The molecule has 5 N–H and O–H groups in total. The zero-order valence-electron chi connectivity index (χ0n) is 23.1. The molecular formula is C31H37NO8. The van der Waals surface area contributed by atoms with Crippen LogP contribution in [0.4, 0.5) is 0 Å². The summed E-state index contributed by atoms with van der Waals surface area (Å²) in [6.45, 7) is 3.24. The lowest BCUT2D eigenvalue weighted by atomic mass is 9.83. The number of para-hydroxylation sites is 1. The van der Waals surface area contributed by atoms with Gasteiger partial charge in [-0.15, -0.1) is 0 Å². The third kappa shape index (κ3) is 6.60. The number of carbonyl (C=O) groups is 3. The highest BCUT2D eigenvalue weighted by Gasteiger charge is 2.55. The van der Waals surface area contributed by atoms with E-state index in [1.165, 1.54) is 12.7 Å². The fourth-order valence-corrected chi connectivity index (χ4v) is 5.17. The first-order chi connectivity index (χ1) is 19.0. The average molecular weight is 552 g/mol. The molecule has 9 heteroatoms. The fourth-order valence-electron chi connectivity index (χ4n) is 5.17. The number of rotatable bonds is 15. The second-order valence-electron chi connectivity index (χ2n) is 10.1. The van der Waals surface area contributed by atoms with Crippen molar-refractivity contribution in [2.24, 2.45) is 11.7 Å². The molecule has 214 valence electrons. The van der Waals surface area contributed by atoms with Gasteiger partial charge in [-0.05, 0) is 60.6 Å². The Bertz CT molecular complexity index is 1370. The summed E-state index contributed by atoms with van der Waals surface area (Å²) in [7, 11) is 1.42. The van der Waals surface area contributed by atoms with Gasteiger partial charge in [0.2, 0.25) is 0 Å². The van der Waals surface area contributed by atoms with Crippen molar-refractivity contribution in [2.75, 3.05) is 7.11 Å². The van der Waals surface area contributed by atoms with Crippen molar-refractivity contribution in [3.05, 3.63) is 77.4 Å². The Hall–Kier alpha value is -3.95. The fraction of sp³-hybridized carbons (Fsp3) is 0.387. The van der Waals surface area contributed by atoms with Crippen LogP contribution in [0.5, 0.6) is 5.75 Å². The molecule has 0 radical (unpaired) electrons. The van der Waals surface area contributed by atoms with E-state index < -0.39 is 41.6 Å². The number of benzene rings is 3. The van der Waals surface area contributed by atoms with Crippen molar-refractivity contribution in [3.8, 4) is 5.75 Å². The predicted molar refractivity (Wildman–Crippen MR) is 150 cm³/mol. The Labute approximate surface area is 233 Å². The van der Waals surface area contributed by atoms with E-state index in [1.54, 1.807) is 24.3 Å². The van der Waals surface area contributed by atoms with Crippen LogP contribution in [0.1, 0.15) is 56.2 Å². The molecule has 0 saturated carbocycles. The van der Waals surface area contributed by atoms with Gasteiger partial charge in [-0.25, -0.2) is 4.79 Å². The van der Waals surface area contributed by atoms with Crippen LogP contribution in [0.25, 0.3) is 10.8 Å². The first-order valence-corrected chi connectivity index (χ1v) is 13.3. The molecule has 3 atom stereocenters. The summed E-state index contributed by atoms with van der Waals surface area (Å²) in [5, 5.41) is 31.7. The number of methoxy groups -OCH3 is 1. The lowest BCUT2D eigenvalue weighted by Gasteiger charge is -2.41. The SMILES string of the molecule is CCCc1ccc2c(CCCC(N)(OC(CC(=O)O)(C(=O)O)C(C)C(=O)O)c3ccccc3OC)cccc2c1. The number of fused-ring (bicyclic) bond motifs is 1. The molecule has 0 aliphatic carbocycles. The summed E-state index contributed by atoms with van der Waals surface area (Å²) in [6.07, 6.45) is 1.98. The summed E-state index contributed by atoms with van der Waals surface area (Å²) >= 11 is 0. The maximum Gasteiger partial charge on any atom is 0.337 e. The molecule has 0 heterocycles. The van der Waals surface area contributed by atoms with Crippen LogP contribution in [0.3, 0.4) is 0 Å². The number of hydrogen-bond acceptors (Lipinski definition) is 6. The van der Waals surface area contributed by atoms with Crippen LogP contribution in [0, 0.1) is 5.92 Å². The molecule has 3 aromatic carbocycles. The monoisotopic (exact) mass is 551 g/mol. The van der Waals surface area contributed by atoms with Gasteiger partial charge in [-0.1, -0.05) is 67.9 Å². The number of ether oxygens (including phenoxy) is 2. The first kappa shape index (κ1) is 30.6. The third-order valence-electron chi connectivity index (χ3n) is 7.34. The Morgan fingerprint density at radius 1 is 0.975 bits per heavy atom. The standard InChI is InChI=1S/C31H37NO8/c1-4-9-21-15-16-24-22(10-7-11-23(24)18-21)12-8-17-31(32,25-13-5-6-14-26(25)39-3)40-30(29(37)38,19-27(33)34)20(2)28(35)36/h5-7,10-11,13-16,18,20H,4,8-9,12,17,19,32H2,1-3H3,(H,33,34)(H,35,36)(H,37,38). The maximum absolute atomic E-state index is 12.5. The van der Waals surface area contributed by atoms with Crippen LogP contribution in [-0.4, -0.2) is 45.9 Å². The second kappa shape index (κ2) is 12.9. The summed E-state index contributed by atoms with van der Waals surface area (Å²) < 4.78 is 11.5. The summed E-state index contributed by atoms with van der Waals surface area (Å²) in [6, 6.07) is 19.0. The maximum atomic E-state index is 12.5. The summed E-state index contributed by atoms with van der Waals surface area (Å²) in [5.41, 5.74) is 4.89. The summed E-state index contributed by atoms with van der Waals surface area (Å²) in [5.74, 6) is -6.21. The number of nitrogens with two attached hydrogens (primary N) is 1. The number of aliphatic carboxylic acids is 3. The minimum atomic E-state index is -2.65. The Morgan fingerprint density at radius 2 is 1.70 bits per heavy atom. The molecule has 0 spiro atoms. The predicted octanol–water partition coefficient (Wildman–Crippen LogP) is 4.97. The molecular weight excluding hydrogens is 514 g/mol. The van der Waals surface area contributed by atoms with E-state index in [4.69, 9.17) is 15.2 Å². The van der Waals surface area contributed by atoms with Gasteiger partial charge in [0.15, 0.2) is 5.60 Å². The van der Waals surface area contributed by atoms with E-state index in [0.29, 0.717) is 18.6 Å². The Kier molecular flexibility index (Phi) is 9.89. The molecule has 0 aliphatic rings. The molecule has 0 bridgehead atoms.